The average molecular weight is 842 g/mol. The lowest BCUT2D eigenvalue weighted by molar-refractivity contribution is 1.18. The summed E-state index contributed by atoms with van der Waals surface area (Å²) in [5, 5.41) is 0. The fourth-order valence-electron chi connectivity index (χ4n) is 8.94. The summed E-state index contributed by atoms with van der Waals surface area (Å²) in [5.41, 5.74) is 20.0. The molecular weight excluding hydrogens is 799 g/mol. The molecule has 0 saturated carbocycles. The Morgan fingerprint density at radius 1 is 0.197 bits per heavy atom. The van der Waals surface area contributed by atoms with Crippen LogP contribution in [0.5, 0.6) is 0 Å². The van der Waals surface area contributed by atoms with Crippen molar-refractivity contribution in [2.45, 2.75) is 0 Å². The van der Waals surface area contributed by atoms with Crippen molar-refractivity contribution < 1.29 is 0 Å². The molecule has 11 aromatic rings. The van der Waals surface area contributed by atoms with Gasteiger partial charge in [-0.2, -0.15) is 0 Å². The van der Waals surface area contributed by atoms with Gasteiger partial charge in [0, 0.05) is 44.5 Å². The summed E-state index contributed by atoms with van der Waals surface area (Å²) in [4.78, 5) is 16.0. The van der Waals surface area contributed by atoms with Crippen molar-refractivity contribution in [2.24, 2.45) is 0 Å². The van der Waals surface area contributed by atoms with E-state index in [-0.39, 0.29) is 0 Å². The Bertz CT molecular complexity index is 3290. The van der Waals surface area contributed by atoms with Crippen LogP contribution >= 0.6 is 0 Å². The fraction of sp³-hybridized carbons (Fsp3) is 0. The van der Waals surface area contributed by atoms with Gasteiger partial charge in [-0.1, -0.05) is 255 Å². The Kier molecular flexibility index (Phi) is 11.0. The van der Waals surface area contributed by atoms with E-state index in [2.05, 4.69) is 249 Å². The number of rotatable bonds is 10. The van der Waals surface area contributed by atoms with Crippen molar-refractivity contribution in [2.75, 3.05) is 0 Å². The molecule has 0 atom stereocenters. The van der Waals surface area contributed by atoms with Crippen molar-refractivity contribution in [3.63, 3.8) is 0 Å². The molecule has 310 valence electrons. The zero-order chi connectivity index (χ0) is 44.1. The number of pyridine rings is 1. The Morgan fingerprint density at radius 2 is 0.530 bits per heavy atom. The van der Waals surface area contributed by atoms with Crippen LogP contribution in [0.3, 0.4) is 0 Å². The minimum Gasteiger partial charge on any atom is -0.246 e. The highest BCUT2D eigenvalue weighted by Crippen LogP contribution is 2.49. The normalized spacial score (nSPS) is 11.0. The topological polar surface area (TPSA) is 38.7 Å². The van der Waals surface area contributed by atoms with Crippen LogP contribution in [0.2, 0.25) is 0 Å². The molecule has 66 heavy (non-hydrogen) atoms. The summed E-state index contributed by atoms with van der Waals surface area (Å²) in [6, 6.07) is 91.6. The van der Waals surface area contributed by atoms with Crippen molar-refractivity contribution >= 4 is 0 Å². The highest BCUT2D eigenvalue weighted by molar-refractivity contribution is 6.05. The predicted octanol–water partition coefficient (Wildman–Crippen LogP) is 16.5. The predicted molar refractivity (Wildman–Crippen MR) is 274 cm³/mol. The first-order valence-electron chi connectivity index (χ1n) is 22.4. The Morgan fingerprint density at radius 3 is 1.00 bits per heavy atom. The van der Waals surface area contributed by atoms with E-state index < -0.39 is 0 Å². The second kappa shape index (κ2) is 18.1. The van der Waals surface area contributed by atoms with Crippen LogP contribution in [0.15, 0.2) is 261 Å². The van der Waals surface area contributed by atoms with Crippen LogP contribution in [0.1, 0.15) is 0 Å². The van der Waals surface area contributed by atoms with Crippen LogP contribution in [-0.4, -0.2) is 15.0 Å². The molecule has 0 spiro atoms. The van der Waals surface area contributed by atoms with E-state index in [4.69, 9.17) is 15.0 Å². The summed E-state index contributed by atoms with van der Waals surface area (Å²) >= 11 is 0. The maximum atomic E-state index is 5.60. The third kappa shape index (κ3) is 8.02. The summed E-state index contributed by atoms with van der Waals surface area (Å²) in [6.45, 7) is 0. The molecule has 0 fully saturated rings. The van der Waals surface area contributed by atoms with Crippen molar-refractivity contribution in [3.8, 4) is 112 Å². The molecule has 0 unspecified atom stereocenters. The van der Waals surface area contributed by atoms with Crippen LogP contribution < -0.4 is 0 Å². The van der Waals surface area contributed by atoms with E-state index in [1.165, 1.54) is 0 Å². The zero-order valence-electron chi connectivity index (χ0n) is 36.2. The van der Waals surface area contributed by atoms with Gasteiger partial charge in [0.2, 0.25) is 0 Å². The third-order valence-corrected chi connectivity index (χ3v) is 12.2. The van der Waals surface area contributed by atoms with Gasteiger partial charge < -0.3 is 0 Å². The summed E-state index contributed by atoms with van der Waals surface area (Å²) < 4.78 is 0. The Labute approximate surface area is 386 Å². The van der Waals surface area contributed by atoms with Gasteiger partial charge in [-0.15, -0.1) is 0 Å². The van der Waals surface area contributed by atoms with Crippen molar-refractivity contribution in [1.29, 1.82) is 0 Å². The molecule has 11 rings (SSSR count). The molecular formula is C63H43N3. The number of hydrogen-bond donors (Lipinski definition) is 0. The number of aromatic nitrogens is 3. The van der Waals surface area contributed by atoms with Gasteiger partial charge in [0.15, 0.2) is 5.82 Å². The maximum Gasteiger partial charge on any atom is 0.160 e. The quantitative estimate of drug-likeness (QED) is 0.138. The SMILES string of the molecule is c1ccc(-c2cc(-c3ccccc3-c3ccccc3)nc(-c3ccc(-c4ccc(-c5c(-c6ccccc6)c(-c6ccccc6)nc(-c6ccccc6)c5-c5ccccc5)cc4)cc3)n2)cc1. The molecule has 0 N–H and O–H groups in total. The fourth-order valence-corrected chi connectivity index (χ4v) is 8.94. The van der Waals surface area contributed by atoms with E-state index in [1.54, 1.807) is 0 Å². The van der Waals surface area contributed by atoms with Gasteiger partial charge in [0.25, 0.3) is 0 Å². The number of nitrogens with zero attached hydrogens (tertiary/aromatic N) is 3. The highest BCUT2D eigenvalue weighted by atomic mass is 14.9. The lowest BCUT2D eigenvalue weighted by atomic mass is 9.83. The number of hydrogen-bond acceptors (Lipinski definition) is 3. The first-order chi connectivity index (χ1) is 32.7. The summed E-state index contributed by atoms with van der Waals surface area (Å²) in [6.07, 6.45) is 0. The molecule has 2 heterocycles. The third-order valence-electron chi connectivity index (χ3n) is 12.2. The first-order valence-corrected chi connectivity index (χ1v) is 22.4. The standard InChI is InChI=1S/C63H43N3/c1-7-21-46(22-8-1)54-33-19-20-34-55(54)57-43-56(47-23-9-2-10-24-47)64-63(65-57)53-41-37-45(38-42-53)44-35-39-50(40-36-44)58-59(48-25-11-3-12-26-48)61(51-29-15-5-16-30-51)66-62(52-31-17-6-18-32-52)60(58)49-27-13-4-14-28-49/h1-43H. The van der Waals surface area contributed by atoms with Crippen LogP contribution in [0.4, 0.5) is 0 Å². The van der Waals surface area contributed by atoms with Gasteiger partial charge in [-0.3, -0.25) is 0 Å². The van der Waals surface area contributed by atoms with Crippen LogP contribution in [0.25, 0.3) is 112 Å². The van der Waals surface area contributed by atoms with Gasteiger partial charge in [0.05, 0.1) is 22.8 Å². The van der Waals surface area contributed by atoms with Crippen molar-refractivity contribution in [3.05, 3.63) is 261 Å². The molecule has 0 bridgehead atoms. The largest absolute Gasteiger partial charge is 0.246 e. The smallest absolute Gasteiger partial charge is 0.160 e. The molecule has 0 saturated heterocycles. The molecule has 3 heteroatoms. The summed E-state index contributed by atoms with van der Waals surface area (Å²) in [7, 11) is 0. The van der Waals surface area contributed by atoms with E-state index in [0.717, 1.165) is 106 Å². The van der Waals surface area contributed by atoms with Gasteiger partial charge >= 0.3 is 0 Å². The van der Waals surface area contributed by atoms with Crippen LogP contribution in [-0.2, 0) is 0 Å². The lowest BCUT2D eigenvalue weighted by Crippen LogP contribution is -2.01. The monoisotopic (exact) mass is 841 g/mol. The highest BCUT2D eigenvalue weighted by Gasteiger charge is 2.25. The zero-order valence-corrected chi connectivity index (χ0v) is 36.2. The maximum absolute atomic E-state index is 5.60. The molecule has 3 nitrogen and oxygen atoms in total. The average Bonchev–Trinajstić information content (AvgIpc) is 3.41. The van der Waals surface area contributed by atoms with Gasteiger partial charge in [0.1, 0.15) is 0 Å². The van der Waals surface area contributed by atoms with Gasteiger partial charge in [-0.05, 0) is 45.0 Å². The van der Waals surface area contributed by atoms with E-state index in [1.807, 2.05) is 12.1 Å². The van der Waals surface area contributed by atoms with Crippen LogP contribution in [0, 0.1) is 0 Å². The molecule has 0 amide bonds. The van der Waals surface area contributed by atoms with Gasteiger partial charge in [-0.25, -0.2) is 15.0 Å². The second-order valence-electron chi connectivity index (χ2n) is 16.3. The molecule has 2 aromatic heterocycles. The Hall–Kier alpha value is -8.79. The summed E-state index contributed by atoms with van der Waals surface area (Å²) in [5.74, 6) is 0.680. The molecule has 0 radical (unpaired) electrons. The van der Waals surface area contributed by atoms with E-state index in [9.17, 15) is 0 Å². The molecule has 9 aromatic carbocycles. The molecule has 0 aliphatic carbocycles. The van der Waals surface area contributed by atoms with Crippen molar-refractivity contribution in [1.82, 2.24) is 15.0 Å². The van der Waals surface area contributed by atoms with E-state index >= 15 is 0 Å². The lowest BCUT2D eigenvalue weighted by Gasteiger charge is -2.23. The first kappa shape index (κ1) is 40.0. The number of benzene rings is 9. The Balaban J connectivity index is 1.03. The minimum absolute atomic E-state index is 0.680. The van der Waals surface area contributed by atoms with E-state index in [0.29, 0.717) is 5.82 Å². The molecule has 0 aliphatic heterocycles. The second-order valence-corrected chi connectivity index (χ2v) is 16.3. The minimum atomic E-state index is 0.680. The molecule has 0 aliphatic rings.